The van der Waals surface area contributed by atoms with Crippen molar-refractivity contribution >= 4 is 15.9 Å². The predicted molar refractivity (Wildman–Crippen MR) is 110 cm³/mol. The summed E-state index contributed by atoms with van der Waals surface area (Å²) >= 11 is 0. The highest BCUT2D eigenvalue weighted by Crippen LogP contribution is 2.18. The normalized spacial score (nSPS) is 12.7. The molecule has 0 fully saturated rings. The molecule has 1 amide bonds. The van der Waals surface area contributed by atoms with E-state index in [9.17, 15) is 17.6 Å². The van der Waals surface area contributed by atoms with Gasteiger partial charge in [-0.05, 0) is 36.8 Å². The first-order valence-corrected chi connectivity index (χ1v) is 11.2. The fourth-order valence-corrected chi connectivity index (χ4v) is 4.41. The molecule has 29 heavy (non-hydrogen) atoms. The molecule has 2 rings (SSSR count). The standard InChI is InChI=1S/C21H28FN3O3S/c1-4-25(5-2)29(27,28)20-12-8-18(9-13-20)16(3)23-15-21(26)24-14-17-6-10-19(22)11-7-17/h6-13,16,23H,4-5,14-15H2,1-3H3,(H,24,26)/p+1/t16-/m0/s1. The molecule has 0 radical (unpaired) electrons. The zero-order valence-electron chi connectivity index (χ0n) is 17.1. The molecular formula is C21H29FN3O3S+. The molecule has 0 aromatic heterocycles. The van der Waals surface area contributed by atoms with Gasteiger partial charge in [0.05, 0.1) is 4.90 Å². The quantitative estimate of drug-likeness (QED) is 0.612. The summed E-state index contributed by atoms with van der Waals surface area (Å²) in [6, 6.07) is 12.8. The largest absolute Gasteiger partial charge is 0.347 e. The Hall–Kier alpha value is -2.29. The summed E-state index contributed by atoms with van der Waals surface area (Å²) < 4.78 is 39.4. The van der Waals surface area contributed by atoms with Crippen LogP contribution in [-0.2, 0) is 21.4 Å². The average Bonchev–Trinajstić information content (AvgIpc) is 2.72. The van der Waals surface area contributed by atoms with E-state index in [1.807, 2.05) is 26.1 Å². The van der Waals surface area contributed by atoms with E-state index in [1.54, 1.807) is 36.4 Å². The third-order valence-corrected chi connectivity index (χ3v) is 6.87. The molecule has 0 aliphatic rings. The number of hydrogen-bond donors (Lipinski definition) is 2. The number of amides is 1. The number of nitrogens with two attached hydrogens (primary N) is 1. The number of carbonyl (C=O) groups excluding carboxylic acids is 1. The van der Waals surface area contributed by atoms with E-state index in [0.717, 1.165) is 11.1 Å². The van der Waals surface area contributed by atoms with Crippen LogP contribution in [0, 0.1) is 5.82 Å². The van der Waals surface area contributed by atoms with Gasteiger partial charge in [0.15, 0.2) is 6.54 Å². The van der Waals surface area contributed by atoms with Crippen LogP contribution in [0.3, 0.4) is 0 Å². The monoisotopic (exact) mass is 422 g/mol. The van der Waals surface area contributed by atoms with Crippen molar-refractivity contribution in [1.82, 2.24) is 9.62 Å². The Morgan fingerprint density at radius 2 is 1.66 bits per heavy atom. The Morgan fingerprint density at radius 1 is 1.07 bits per heavy atom. The Labute approximate surface area is 172 Å². The molecule has 0 spiro atoms. The van der Waals surface area contributed by atoms with Gasteiger partial charge in [0.2, 0.25) is 10.0 Å². The smallest absolute Gasteiger partial charge is 0.275 e. The van der Waals surface area contributed by atoms with E-state index >= 15 is 0 Å². The summed E-state index contributed by atoms with van der Waals surface area (Å²) in [6.45, 7) is 7.03. The molecule has 3 N–H and O–H groups in total. The Balaban J connectivity index is 1.88. The summed E-state index contributed by atoms with van der Waals surface area (Å²) in [5, 5.41) is 4.68. The SMILES string of the molecule is CCN(CC)S(=O)(=O)c1ccc([C@H](C)[NH2+]CC(=O)NCc2ccc(F)cc2)cc1. The molecule has 1 atom stereocenters. The second-order valence-electron chi connectivity index (χ2n) is 6.79. The maximum absolute atomic E-state index is 12.9. The van der Waals surface area contributed by atoms with Crippen molar-refractivity contribution < 1.29 is 22.9 Å². The number of hydrogen-bond acceptors (Lipinski definition) is 3. The first-order valence-electron chi connectivity index (χ1n) is 9.72. The second kappa shape index (κ2) is 10.5. The maximum Gasteiger partial charge on any atom is 0.275 e. The van der Waals surface area contributed by atoms with Crippen molar-refractivity contribution in [3.63, 3.8) is 0 Å². The number of halogens is 1. The lowest BCUT2D eigenvalue weighted by molar-refractivity contribution is -0.682. The molecule has 6 nitrogen and oxygen atoms in total. The van der Waals surface area contributed by atoms with Crippen molar-refractivity contribution in [2.45, 2.75) is 38.3 Å². The highest BCUT2D eigenvalue weighted by atomic mass is 32.2. The lowest BCUT2D eigenvalue weighted by Gasteiger charge is -2.19. The third kappa shape index (κ3) is 6.35. The molecule has 0 aliphatic heterocycles. The van der Waals surface area contributed by atoms with Crippen LogP contribution in [0.2, 0.25) is 0 Å². The zero-order valence-corrected chi connectivity index (χ0v) is 17.9. The van der Waals surface area contributed by atoms with E-state index in [0.29, 0.717) is 19.6 Å². The average molecular weight is 423 g/mol. The first-order chi connectivity index (χ1) is 13.8. The van der Waals surface area contributed by atoms with Crippen molar-refractivity contribution in [2.24, 2.45) is 0 Å². The minimum absolute atomic E-state index is 0.00298. The van der Waals surface area contributed by atoms with Crippen LogP contribution >= 0.6 is 0 Å². The summed E-state index contributed by atoms with van der Waals surface area (Å²) in [5.74, 6) is -0.431. The second-order valence-corrected chi connectivity index (χ2v) is 8.73. The summed E-state index contributed by atoms with van der Waals surface area (Å²) in [6.07, 6.45) is 0. The van der Waals surface area contributed by atoms with E-state index in [1.165, 1.54) is 16.4 Å². The number of rotatable bonds is 10. The van der Waals surface area contributed by atoms with Crippen LogP contribution in [-0.4, -0.2) is 38.3 Å². The van der Waals surface area contributed by atoms with Crippen LogP contribution in [0.5, 0.6) is 0 Å². The van der Waals surface area contributed by atoms with Gasteiger partial charge in [-0.15, -0.1) is 0 Å². The molecule has 8 heteroatoms. The molecular weight excluding hydrogens is 393 g/mol. The summed E-state index contributed by atoms with van der Waals surface area (Å²) in [7, 11) is -3.47. The van der Waals surface area contributed by atoms with Gasteiger partial charge in [-0.2, -0.15) is 4.31 Å². The van der Waals surface area contributed by atoms with Gasteiger partial charge in [-0.1, -0.05) is 38.1 Å². The van der Waals surface area contributed by atoms with Crippen LogP contribution in [0.1, 0.15) is 37.9 Å². The van der Waals surface area contributed by atoms with E-state index < -0.39 is 10.0 Å². The zero-order chi connectivity index (χ0) is 21.4. The van der Waals surface area contributed by atoms with Crippen LogP contribution < -0.4 is 10.6 Å². The number of quaternary nitrogens is 1. The number of nitrogens with zero attached hydrogens (tertiary/aromatic N) is 1. The molecule has 0 heterocycles. The van der Waals surface area contributed by atoms with Crippen LogP contribution in [0.25, 0.3) is 0 Å². The number of carbonyl (C=O) groups is 1. The van der Waals surface area contributed by atoms with Gasteiger partial charge >= 0.3 is 0 Å². The molecule has 0 unspecified atom stereocenters. The van der Waals surface area contributed by atoms with Gasteiger partial charge in [0.25, 0.3) is 5.91 Å². The highest BCUT2D eigenvalue weighted by molar-refractivity contribution is 7.89. The lowest BCUT2D eigenvalue weighted by atomic mass is 10.1. The predicted octanol–water partition coefficient (Wildman–Crippen LogP) is 1.80. The highest BCUT2D eigenvalue weighted by Gasteiger charge is 2.22. The van der Waals surface area contributed by atoms with Gasteiger partial charge in [0.1, 0.15) is 11.9 Å². The minimum Gasteiger partial charge on any atom is -0.347 e. The van der Waals surface area contributed by atoms with Crippen molar-refractivity contribution in [1.29, 1.82) is 0 Å². The maximum atomic E-state index is 12.9. The topological polar surface area (TPSA) is 83.1 Å². The van der Waals surface area contributed by atoms with E-state index in [-0.39, 0.29) is 29.2 Å². The number of benzene rings is 2. The van der Waals surface area contributed by atoms with Crippen molar-refractivity contribution in [3.05, 3.63) is 65.5 Å². The van der Waals surface area contributed by atoms with Crippen LogP contribution in [0.15, 0.2) is 53.4 Å². The van der Waals surface area contributed by atoms with Gasteiger partial charge in [0, 0.05) is 25.2 Å². The molecule has 158 valence electrons. The Morgan fingerprint density at radius 3 is 2.21 bits per heavy atom. The van der Waals surface area contributed by atoms with Crippen molar-refractivity contribution in [2.75, 3.05) is 19.6 Å². The van der Waals surface area contributed by atoms with Gasteiger partial charge in [-0.3, -0.25) is 4.79 Å². The fraction of sp³-hybridized carbons (Fsp3) is 0.381. The van der Waals surface area contributed by atoms with Gasteiger partial charge < -0.3 is 10.6 Å². The first kappa shape index (κ1) is 23.0. The Bertz CT molecular complexity index is 896. The van der Waals surface area contributed by atoms with E-state index in [2.05, 4.69) is 5.32 Å². The summed E-state index contributed by atoms with van der Waals surface area (Å²) in [5.41, 5.74) is 1.77. The number of nitrogens with one attached hydrogen (secondary N) is 1. The molecule has 0 bridgehead atoms. The number of sulfonamides is 1. The minimum atomic E-state index is -3.47. The molecule has 0 saturated carbocycles. The van der Waals surface area contributed by atoms with Crippen molar-refractivity contribution in [3.8, 4) is 0 Å². The van der Waals surface area contributed by atoms with Crippen LogP contribution in [0.4, 0.5) is 4.39 Å². The summed E-state index contributed by atoms with van der Waals surface area (Å²) in [4.78, 5) is 12.3. The molecule has 0 saturated heterocycles. The molecule has 2 aromatic rings. The fourth-order valence-electron chi connectivity index (χ4n) is 2.95. The third-order valence-electron chi connectivity index (χ3n) is 4.81. The molecule has 0 aliphatic carbocycles. The van der Waals surface area contributed by atoms with E-state index in [4.69, 9.17) is 0 Å². The lowest BCUT2D eigenvalue weighted by Crippen LogP contribution is -2.87. The molecule has 2 aromatic carbocycles. The van der Waals surface area contributed by atoms with Gasteiger partial charge in [-0.25, -0.2) is 12.8 Å². The Kier molecular flexibility index (Phi) is 8.31.